The number of piperazine rings is 1. The van der Waals surface area contributed by atoms with E-state index in [1.54, 1.807) is 0 Å². The first-order valence-corrected chi connectivity index (χ1v) is 10.1. The van der Waals surface area contributed by atoms with E-state index in [2.05, 4.69) is 65.4 Å². The van der Waals surface area contributed by atoms with Gasteiger partial charge in [0.25, 0.3) is 0 Å². The summed E-state index contributed by atoms with van der Waals surface area (Å²) in [6, 6.07) is 19.6. The number of aryl methyl sites for hydroxylation is 1. The van der Waals surface area contributed by atoms with Gasteiger partial charge in [-0.3, -0.25) is 9.69 Å². The summed E-state index contributed by atoms with van der Waals surface area (Å²) in [6.45, 7) is 3.94. The first kappa shape index (κ1) is 18.1. The molecule has 1 aliphatic heterocycles. The fourth-order valence-electron chi connectivity index (χ4n) is 4.46. The molecule has 2 aliphatic rings. The summed E-state index contributed by atoms with van der Waals surface area (Å²) in [5.74, 6) is 0.258. The molecule has 1 saturated heterocycles. The molecular weight excluding hydrogens is 334 g/mol. The predicted molar refractivity (Wildman–Crippen MR) is 110 cm³/mol. The zero-order valence-electron chi connectivity index (χ0n) is 16.2. The van der Waals surface area contributed by atoms with Gasteiger partial charge in [-0.25, -0.2) is 0 Å². The van der Waals surface area contributed by atoms with E-state index in [1.807, 2.05) is 11.0 Å². The van der Waals surface area contributed by atoms with E-state index in [-0.39, 0.29) is 5.91 Å². The smallest absolute Gasteiger partial charge is 0.236 e. The van der Waals surface area contributed by atoms with Crippen molar-refractivity contribution in [3.8, 4) is 0 Å². The summed E-state index contributed by atoms with van der Waals surface area (Å²) in [5.41, 5.74) is 4.11. The highest BCUT2D eigenvalue weighted by molar-refractivity contribution is 5.78. The fraction of sp³-hybridized carbons (Fsp3) is 0.435. The summed E-state index contributed by atoms with van der Waals surface area (Å²) in [7, 11) is 2.10. The van der Waals surface area contributed by atoms with Crippen molar-refractivity contribution in [1.29, 1.82) is 0 Å². The van der Waals surface area contributed by atoms with Crippen LogP contribution in [0.5, 0.6) is 0 Å². The second kappa shape index (κ2) is 8.13. The maximum Gasteiger partial charge on any atom is 0.236 e. The first-order chi connectivity index (χ1) is 13.2. The molecule has 4 heteroatoms. The molecule has 27 heavy (non-hydrogen) atoms. The van der Waals surface area contributed by atoms with Gasteiger partial charge in [0.1, 0.15) is 0 Å². The van der Waals surface area contributed by atoms with Gasteiger partial charge in [-0.1, -0.05) is 42.5 Å². The van der Waals surface area contributed by atoms with Gasteiger partial charge in [0.2, 0.25) is 5.91 Å². The van der Waals surface area contributed by atoms with Crippen molar-refractivity contribution >= 4 is 11.6 Å². The van der Waals surface area contributed by atoms with E-state index in [1.165, 1.54) is 23.2 Å². The van der Waals surface area contributed by atoms with E-state index in [0.717, 1.165) is 39.0 Å². The van der Waals surface area contributed by atoms with E-state index in [0.29, 0.717) is 12.6 Å². The van der Waals surface area contributed by atoms with Crippen molar-refractivity contribution in [1.82, 2.24) is 9.80 Å². The van der Waals surface area contributed by atoms with Crippen molar-refractivity contribution in [2.24, 2.45) is 0 Å². The van der Waals surface area contributed by atoms with Gasteiger partial charge >= 0.3 is 0 Å². The van der Waals surface area contributed by atoms with E-state index < -0.39 is 0 Å². The van der Waals surface area contributed by atoms with Gasteiger partial charge in [-0.2, -0.15) is 0 Å². The second-order valence-corrected chi connectivity index (χ2v) is 7.73. The molecule has 4 nitrogen and oxygen atoms in total. The molecule has 142 valence electrons. The predicted octanol–water partition coefficient (Wildman–Crippen LogP) is 3.34. The summed E-state index contributed by atoms with van der Waals surface area (Å²) in [6.07, 6.45) is 3.51. The van der Waals surface area contributed by atoms with Crippen LogP contribution in [0.25, 0.3) is 0 Å². The Balaban J connectivity index is 1.34. The standard InChI is InChI=1S/C23H29N3O/c1-24(22-13-7-9-19-8-5-6-12-21(19)22)18-23(27)26-16-14-25(15-17-26)20-10-3-2-4-11-20/h2-6,8,10-12,22H,7,9,13-18H2,1H3/t22-/m0/s1. The lowest BCUT2D eigenvalue weighted by atomic mass is 9.87. The van der Waals surface area contributed by atoms with Crippen LogP contribution in [-0.4, -0.2) is 55.5 Å². The number of rotatable bonds is 4. The molecule has 1 atom stereocenters. The Morgan fingerprint density at radius 1 is 1.00 bits per heavy atom. The van der Waals surface area contributed by atoms with Crippen LogP contribution in [0.15, 0.2) is 54.6 Å². The Bertz CT molecular complexity index is 768. The summed E-state index contributed by atoms with van der Waals surface area (Å²) in [5, 5.41) is 0. The number of fused-ring (bicyclic) bond motifs is 1. The Labute approximate surface area is 162 Å². The van der Waals surface area contributed by atoms with Crippen molar-refractivity contribution in [3.05, 3.63) is 65.7 Å². The van der Waals surface area contributed by atoms with Gasteiger partial charge in [0.15, 0.2) is 0 Å². The Hall–Kier alpha value is -2.33. The lowest BCUT2D eigenvalue weighted by Crippen LogP contribution is -2.51. The number of hydrogen-bond acceptors (Lipinski definition) is 3. The molecule has 0 N–H and O–H groups in total. The lowest BCUT2D eigenvalue weighted by molar-refractivity contribution is -0.133. The molecule has 2 aromatic rings. The number of amides is 1. The number of benzene rings is 2. The van der Waals surface area contributed by atoms with Crippen LogP contribution in [-0.2, 0) is 11.2 Å². The van der Waals surface area contributed by atoms with Gasteiger partial charge in [-0.05, 0) is 49.6 Å². The van der Waals surface area contributed by atoms with Gasteiger partial charge in [-0.15, -0.1) is 0 Å². The van der Waals surface area contributed by atoms with Crippen molar-refractivity contribution in [2.75, 3.05) is 44.7 Å². The second-order valence-electron chi connectivity index (χ2n) is 7.73. The molecule has 1 heterocycles. The van der Waals surface area contributed by atoms with Gasteiger partial charge in [0.05, 0.1) is 6.54 Å². The molecule has 1 aliphatic carbocycles. The average Bonchev–Trinajstić information content (AvgIpc) is 2.74. The maximum atomic E-state index is 12.9. The Morgan fingerprint density at radius 3 is 2.48 bits per heavy atom. The SMILES string of the molecule is CN(CC(=O)N1CCN(c2ccccc2)CC1)[C@H]1CCCc2ccccc21. The van der Waals surface area contributed by atoms with Crippen LogP contribution in [0.2, 0.25) is 0 Å². The normalized spacial score (nSPS) is 19.9. The highest BCUT2D eigenvalue weighted by atomic mass is 16.2. The topological polar surface area (TPSA) is 26.8 Å². The van der Waals surface area contributed by atoms with Crippen molar-refractivity contribution in [2.45, 2.75) is 25.3 Å². The fourth-order valence-corrected chi connectivity index (χ4v) is 4.46. The molecule has 0 unspecified atom stereocenters. The number of hydrogen-bond donors (Lipinski definition) is 0. The van der Waals surface area contributed by atoms with E-state index in [9.17, 15) is 4.79 Å². The van der Waals surface area contributed by atoms with Crippen LogP contribution < -0.4 is 4.90 Å². The number of anilines is 1. The molecule has 0 bridgehead atoms. The minimum atomic E-state index is 0.258. The number of likely N-dealkylation sites (N-methyl/N-ethyl adjacent to an activating group) is 1. The third-order valence-electron chi connectivity index (χ3n) is 6.01. The summed E-state index contributed by atoms with van der Waals surface area (Å²) < 4.78 is 0. The molecular formula is C23H29N3O. The lowest BCUT2D eigenvalue weighted by Gasteiger charge is -2.38. The molecule has 0 spiro atoms. The van der Waals surface area contributed by atoms with Crippen LogP contribution in [0.3, 0.4) is 0 Å². The molecule has 0 aromatic heterocycles. The molecule has 0 radical (unpaired) electrons. The third kappa shape index (κ3) is 4.01. The number of nitrogens with zero attached hydrogens (tertiary/aromatic N) is 3. The minimum Gasteiger partial charge on any atom is -0.368 e. The highest BCUT2D eigenvalue weighted by Gasteiger charge is 2.27. The summed E-state index contributed by atoms with van der Waals surface area (Å²) in [4.78, 5) is 19.5. The number of para-hydroxylation sites is 1. The Kier molecular flexibility index (Phi) is 5.44. The highest BCUT2D eigenvalue weighted by Crippen LogP contribution is 2.33. The number of carbonyl (C=O) groups is 1. The van der Waals surface area contributed by atoms with Gasteiger partial charge in [0, 0.05) is 37.9 Å². The van der Waals surface area contributed by atoms with Crippen LogP contribution in [0.1, 0.15) is 30.0 Å². The molecule has 4 rings (SSSR count). The van der Waals surface area contributed by atoms with Crippen molar-refractivity contribution in [3.63, 3.8) is 0 Å². The molecule has 1 amide bonds. The quantitative estimate of drug-likeness (QED) is 0.834. The molecule has 2 aromatic carbocycles. The minimum absolute atomic E-state index is 0.258. The zero-order chi connectivity index (χ0) is 18.6. The largest absolute Gasteiger partial charge is 0.368 e. The maximum absolute atomic E-state index is 12.9. The summed E-state index contributed by atoms with van der Waals surface area (Å²) >= 11 is 0. The van der Waals surface area contributed by atoms with E-state index >= 15 is 0 Å². The third-order valence-corrected chi connectivity index (χ3v) is 6.01. The molecule has 0 saturated carbocycles. The van der Waals surface area contributed by atoms with Crippen LogP contribution in [0.4, 0.5) is 5.69 Å². The number of carbonyl (C=O) groups excluding carboxylic acids is 1. The van der Waals surface area contributed by atoms with Crippen LogP contribution >= 0.6 is 0 Å². The van der Waals surface area contributed by atoms with Crippen molar-refractivity contribution < 1.29 is 4.79 Å². The van der Waals surface area contributed by atoms with Crippen LogP contribution in [0, 0.1) is 0 Å². The van der Waals surface area contributed by atoms with Gasteiger partial charge < -0.3 is 9.80 Å². The molecule has 1 fully saturated rings. The monoisotopic (exact) mass is 363 g/mol. The zero-order valence-corrected chi connectivity index (χ0v) is 16.2. The van der Waals surface area contributed by atoms with E-state index in [4.69, 9.17) is 0 Å². The first-order valence-electron chi connectivity index (χ1n) is 10.1. The Morgan fingerprint density at radius 2 is 1.70 bits per heavy atom. The average molecular weight is 364 g/mol.